The topological polar surface area (TPSA) is 126 Å². The van der Waals surface area contributed by atoms with E-state index in [9.17, 15) is 13.9 Å². The first kappa shape index (κ1) is 22.2. The number of β-amino-alcohol motifs (C(OH)–C–C–N with tert-alkyl or cyclic N) is 1. The van der Waals surface area contributed by atoms with Gasteiger partial charge >= 0.3 is 0 Å². The van der Waals surface area contributed by atoms with E-state index in [0.717, 1.165) is 0 Å². The number of benzene rings is 1. The lowest BCUT2D eigenvalue weighted by atomic mass is 10.2. The predicted octanol–water partition coefficient (Wildman–Crippen LogP) is 3.47. The number of hydrogen-bond acceptors (Lipinski definition) is 10. The summed E-state index contributed by atoms with van der Waals surface area (Å²) in [7, 11) is 0. The summed E-state index contributed by atoms with van der Waals surface area (Å²) in [5, 5.41) is 17.1. The molecule has 14 heteroatoms. The lowest BCUT2D eigenvalue weighted by molar-refractivity contribution is -0.0712. The molecule has 0 radical (unpaired) electrons. The van der Waals surface area contributed by atoms with Crippen molar-refractivity contribution < 1.29 is 18.6 Å². The van der Waals surface area contributed by atoms with E-state index >= 15 is 0 Å². The average molecular weight is 512 g/mol. The molecule has 0 bridgehead atoms. The van der Waals surface area contributed by atoms with E-state index in [1.54, 1.807) is 41.0 Å². The molecule has 2 N–H and O–H groups in total. The molecule has 1 saturated heterocycles. The number of aromatic nitrogens is 7. The molecular weight excluding hydrogens is 496 g/mol. The Kier molecular flexibility index (Phi) is 5.23. The van der Waals surface area contributed by atoms with Crippen molar-refractivity contribution in [2.45, 2.75) is 12.0 Å². The summed E-state index contributed by atoms with van der Waals surface area (Å²) in [6.45, 7) is -0.965. The Morgan fingerprint density at radius 2 is 2.00 bits per heavy atom. The lowest BCUT2D eigenvalue weighted by Gasteiger charge is -2.16. The molecular formula is C22H16ClF2N9O2. The van der Waals surface area contributed by atoms with Gasteiger partial charge in [0.25, 0.3) is 5.92 Å². The number of rotatable bonds is 5. The van der Waals surface area contributed by atoms with Crippen molar-refractivity contribution in [3.8, 4) is 11.5 Å². The molecule has 11 nitrogen and oxygen atoms in total. The lowest BCUT2D eigenvalue weighted by Crippen LogP contribution is -2.31. The molecule has 36 heavy (non-hydrogen) atoms. The molecule has 0 aliphatic carbocycles. The van der Waals surface area contributed by atoms with Crippen molar-refractivity contribution >= 4 is 45.7 Å². The molecule has 4 aromatic heterocycles. The Morgan fingerprint density at radius 3 is 2.81 bits per heavy atom. The molecule has 1 aromatic carbocycles. The summed E-state index contributed by atoms with van der Waals surface area (Å²) in [5.74, 6) is -1.90. The maximum Gasteiger partial charge on any atom is 0.292 e. The van der Waals surface area contributed by atoms with Gasteiger partial charge in [-0.15, -0.1) is 0 Å². The molecule has 6 rings (SSSR count). The molecule has 0 spiro atoms. The number of ether oxygens (including phenoxy) is 1. The minimum atomic E-state index is -3.24. The van der Waals surface area contributed by atoms with Crippen molar-refractivity contribution in [2.24, 2.45) is 0 Å². The highest BCUT2D eigenvalue weighted by Crippen LogP contribution is 2.34. The van der Waals surface area contributed by atoms with Gasteiger partial charge in [0.15, 0.2) is 11.5 Å². The normalized spacial score (nSPS) is 17.1. The van der Waals surface area contributed by atoms with Crippen LogP contribution in [-0.4, -0.2) is 64.8 Å². The van der Waals surface area contributed by atoms with Crippen LogP contribution >= 0.6 is 11.6 Å². The largest absolute Gasteiger partial charge is 0.456 e. The summed E-state index contributed by atoms with van der Waals surface area (Å²) in [6.07, 6.45) is 4.13. The number of nitrogens with one attached hydrogen (secondary N) is 1. The van der Waals surface area contributed by atoms with E-state index < -0.39 is 18.6 Å². The van der Waals surface area contributed by atoms with Gasteiger partial charge in [0.05, 0.1) is 24.3 Å². The summed E-state index contributed by atoms with van der Waals surface area (Å²) >= 11 is 6.45. The molecule has 0 saturated carbocycles. The zero-order chi connectivity index (χ0) is 24.9. The highest BCUT2D eigenvalue weighted by molar-refractivity contribution is 6.32. The van der Waals surface area contributed by atoms with Crippen LogP contribution in [0.25, 0.3) is 16.7 Å². The van der Waals surface area contributed by atoms with Crippen LogP contribution in [0.3, 0.4) is 0 Å². The Labute approximate surface area is 206 Å². The highest BCUT2D eigenvalue weighted by Gasteiger charge is 2.48. The van der Waals surface area contributed by atoms with Crippen LogP contribution in [0.5, 0.6) is 11.5 Å². The number of pyridine rings is 1. The number of fused-ring (bicyclic) bond motifs is 2. The first-order chi connectivity index (χ1) is 17.4. The third kappa shape index (κ3) is 4.07. The van der Waals surface area contributed by atoms with E-state index in [1.165, 1.54) is 23.8 Å². The first-order valence-corrected chi connectivity index (χ1v) is 11.1. The summed E-state index contributed by atoms with van der Waals surface area (Å²) < 4.78 is 35.1. The Hall–Kier alpha value is -4.23. The van der Waals surface area contributed by atoms with Crippen LogP contribution in [0.4, 0.5) is 26.2 Å². The van der Waals surface area contributed by atoms with Crippen LogP contribution in [0.1, 0.15) is 0 Å². The molecule has 0 amide bonds. The summed E-state index contributed by atoms with van der Waals surface area (Å²) in [4.78, 5) is 22.2. The van der Waals surface area contributed by atoms with Crippen molar-refractivity contribution in [3.05, 3.63) is 60.4 Å². The fraction of sp³-hybridized carbons (Fsp3) is 0.182. The quantitative estimate of drug-likeness (QED) is 0.362. The fourth-order valence-electron chi connectivity index (χ4n) is 3.79. The maximum absolute atomic E-state index is 13.8. The van der Waals surface area contributed by atoms with Crippen molar-refractivity contribution in [1.29, 1.82) is 0 Å². The molecule has 1 fully saturated rings. The van der Waals surface area contributed by atoms with Crippen LogP contribution < -0.4 is 15.0 Å². The maximum atomic E-state index is 13.8. The van der Waals surface area contributed by atoms with E-state index in [-0.39, 0.29) is 12.5 Å². The number of alkyl halides is 2. The predicted molar refractivity (Wildman–Crippen MR) is 126 cm³/mol. The van der Waals surface area contributed by atoms with Gasteiger partial charge in [0.2, 0.25) is 5.95 Å². The summed E-state index contributed by atoms with van der Waals surface area (Å²) in [5.41, 5.74) is 1.96. The molecule has 1 aliphatic heterocycles. The number of aliphatic hydroxyl groups is 1. The van der Waals surface area contributed by atoms with E-state index in [4.69, 9.17) is 16.3 Å². The third-order valence-electron chi connectivity index (χ3n) is 5.60. The minimum Gasteiger partial charge on any atom is -0.456 e. The van der Waals surface area contributed by atoms with Gasteiger partial charge in [-0.1, -0.05) is 11.6 Å². The average Bonchev–Trinajstić information content (AvgIpc) is 3.43. The molecule has 1 aliphatic rings. The molecule has 5 heterocycles. The van der Waals surface area contributed by atoms with Crippen LogP contribution in [0, 0.1) is 0 Å². The van der Waals surface area contributed by atoms with Crippen LogP contribution in [0.15, 0.2) is 55.4 Å². The van der Waals surface area contributed by atoms with Gasteiger partial charge < -0.3 is 20.1 Å². The summed E-state index contributed by atoms with van der Waals surface area (Å²) in [6, 6.07) is 8.55. The van der Waals surface area contributed by atoms with E-state index in [2.05, 4.69) is 35.3 Å². The zero-order valence-corrected chi connectivity index (χ0v) is 19.0. The number of halogens is 3. The van der Waals surface area contributed by atoms with Crippen molar-refractivity contribution in [2.75, 3.05) is 23.3 Å². The van der Waals surface area contributed by atoms with Gasteiger partial charge in [-0.25, -0.2) is 38.2 Å². The smallest absolute Gasteiger partial charge is 0.292 e. The number of anilines is 3. The minimum absolute atomic E-state index is 0.0444. The Morgan fingerprint density at radius 1 is 1.11 bits per heavy atom. The Balaban J connectivity index is 1.25. The SMILES string of the molecule is O[C@@H]1CN(c2ncc3ncnc(Nc4ccc(Oc5ccn6ncnc6c5)c(Cl)c4)c3n2)CC1(F)F. The number of aliphatic hydroxyl groups excluding tert-OH is 1. The van der Waals surface area contributed by atoms with E-state index in [1.807, 2.05) is 0 Å². The van der Waals surface area contributed by atoms with Crippen molar-refractivity contribution in [3.63, 3.8) is 0 Å². The van der Waals surface area contributed by atoms with Gasteiger partial charge in [0, 0.05) is 18.0 Å². The Bertz CT molecular complexity index is 1600. The van der Waals surface area contributed by atoms with E-state index in [0.29, 0.717) is 44.7 Å². The number of hydrogen-bond donors (Lipinski definition) is 2. The zero-order valence-electron chi connectivity index (χ0n) is 18.3. The third-order valence-corrected chi connectivity index (χ3v) is 5.90. The standard InChI is InChI=1S/C22H16ClF2N9O2/c23-14-5-12(1-2-16(14)36-13-3-4-34-18(6-13)28-11-30-34)31-20-19-15(27-10-29-20)7-26-21(32-19)33-8-17(35)22(24,25)9-33/h1-7,10-11,17,35H,8-9H2,(H,27,29,31)/t17-/m1/s1. The van der Waals surface area contributed by atoms with Gasteiger partial charge in [-0.3, -0.25) is 0 Å². The first-order valence-electron chi connectivity index (χ1n) is 10.7. The highest BCUT2D eigenvalue weighted by atomic mass is 35.5. The monoisotopic (exact) mass is 511 g/mol. The second-order valence-corrected chi connectivity index (χ2v) is 8.49. The molecule has 5 aromatic rings. The van der Waals surface area contributed by atoms with Gasteiger partial charge in [-0.2, -0.15) is 5.10 Å². The molecule has 1 atom stereocenters. The second-order valence-electron chi connectivity index (χ2n) is 8.08. The van der Waals surface area contributed by atoms with Crippen molar-refractivity contribution in [1.82, 2.24) is 34.5 Å². The van der Waals surface area contributed by atoms with Gasteiger partial charge in [-0.05, 0) is 24.3 Å². The van der Waals surface area contributed by atoms with Crippen LogP contribution in [-0.2, 0) is 0 Å². The van der Waals surface area contributed by atoms with Crippen LogP contribution in [0.2, 0.25) is 5.02 Å². The molecule has 182 valence electrons. The second kappa shape index (κ2) is 8.46. The fourth-order valence-corrected chi connectivity index (χ4v) is 4.01. The van der Waals surface area contributed by atoms with Gasteiger partial charge in [0.1, 0.15) is 41.3 Å². The molecule has 0 unspecified atom stereocenters. The number of nitrogens with zero attached hydrogens (tertiary/aromatic N) is 8.